The molecule has 3 aromatic heterocycles. The third-order valence-corrected chi connectivity index (χ3v) is 5.84. The third-order valence-electron chi connectivity index (χ3n) is 5.84. The van der Waals surface area contributed by atoms with E-state index in [2.05, 4.69) is 29.8 Å². The second kappa shape index (κ2) is 9.85. The molecule has 1 aliphatic rings. The lowest BCUT2D eigenvalue weighted by Gasteiger charge is -2.36. The lowest BCUT2D eigenvalue weighted by molar-refractivity contribution is -0.118. The van der Waals surface area contributed by atoms with E-state index in [0.29, 0.717) is 49.8 Å². The number of primary amides is 1. The number of nitrogens with zero attached hydrogens (tertiary/aromatic N) is 7. The molecule has 4 heterocycles. The topological polar surface area (TPSA) is 114 Å². The molecule has 1 atom stereocenters. The molecule has 4 rings (SSSR count). The maximum absolute atomic E-state index is 14.4. The van der Waals surface area contributed by atoms with Gasteiger partial charge in [-0.25, -0.2) is 24.9 Å². The standard InChI is InChI=1S/C23H27FN8O/c1-15-17-14-28-23(22-26-8-5-9-27-22)29-18(17)7-11-32(15)21-13-16(12-19(24)30-21)31(2)10-4-3-6-20(25)33/h5,8-9,12-15H,3-4,6-7,10-11H2,1-2H3,(H2,25,33). The monoisotopic (exact) mass is 450 g/mol. The molecular weight excluding hydrogens is 423 g/mol. The van der Waals surface area contributed by atoms with Gasteiger partial charge in [0.1, 0.15) is 5.82 Å². The average Bonchev–Trinajstić information content (AvgIpc) is 2.81. The fourth-order valence-corrected chi connectivity index (χ4v) is 4.01. The Morgan fingerprint density at radius 3 is 2.73 bits per heavy atom. The van der Waals surface area contributed by atoms with Crippen LogP contribution in [-0.2, 0) is 11.2 Å². The Kier molecular flexibility index (Phi) is 6.71. The van der Waals surface area contributed by atoms with Gasteiger partial charge in [0.2, 0.25) is 11.9 Å². The van der Waals surface area contributed by atoms with Gasteiger partial charge in [-0.05, 0) is 25.8 Å². The largest absolute Gasteiger partial charge is 0.374 e. The molecule has 0 aromatic carbocycles. The number of carbonyl (C=O) groups is 1. The van der Waals surface area contributed by atoms with E-state index in [4.69, 9.17) is 5.73 Å². The molecular formula is C23H27FN8O. The number of pyridine rings is 1. The van der Waals surface area contributed by atoms with Crippen molar-refractivity contribution in [3.8, 4) is 11.6 Å². The van der Waals surface area contributed by atoms with Crippen LogP contribution in [0.3, 0.4) is 0 Å². The number of halogens is 1. The summed E-state index contributed by atoms with van der Waals surface area (Å²) < 4.78 is 14.4. The third kappa shape index (κ3) is 5.21. The average molecular weight is 451 g/mol. The molecule has 1 unspecified atom stereocenters. The van der Waals surface area contributed by atoms with Crippen LogP contribution in [0.15, 0.2) is 36.8 Å². The highest BCUT2D eigenvalue weighted by Crippen LogP contribution is 2.33. The van der Waals surface area contributed by atoms with Crippen LogP contribution >= 0.6 is 0 Å². The van der Waals surface area contributed by atoms with Gasteiger partial charge in [0.15, 0.2) is 11.6 Å². The smallest absolute Gasteiger partial charge is 0.217 e. The van der Waals surface area contributed by atoms with Crippen molar-refractivity contribution in [3.63, 3.8) is 0 Å². The molecule has 0 saturated carbocycles. The molecule has 10 heteroatoms. The minimum atomic E-state index is -0.530. The molecule has 9 nitrogen and oxygen atoms in total. The summed E-state index contributed by atoms with van der Waals surface area (Å²) >= 11 is 0. The summed E-state index contributed by atoms with van der Waals surface area (Å²) in [5.74, 6) is 0.728. The normalized spacial score (nSPS) is 15.2. The van der Waals surface area contributed by atoms with Gasteiger partial charge in [-0.15, -0.1) is 0 Å². The highest BCUT2D eigenvalue weighted by atomic mass is 19.1. The molecule has 2 N–H and O–H groups in total. The number of aromatic nitrogens is 5. The quantitative estimate of drug-likeness (QED) is 0.412. The maximum atomic E-state index is 14.4. The predicted molar refractivity (Wildman–Crippen MR) is 123 cm³/mol. The maximum Gasteiger partial charge on any atom is 0.217 e. The summed E-state index contributed by atoms with van der Waals surface area (Å²) in [5.41, 5.74) is 7.86. The van der Waals surface area contributed by atoms with Crippen LogP contribution < -0.4 is 15.5 Å². The van der Waals surface area contributed by atoms with Crippen LogP contribution in [-0.4, -0.2) is 51.0 Å². The number of unbranched alkanes of at least 4 members (excludes halogenated alkanes) is 1. The number of hydrogen-bond acceptors (Lipinski definition) is 8. The minimum absolute atomic E-state index is 0.0671. The van der Waals surface area contributed by atoms with Gasteiger partial charge in [-0.1, -0.05) is 0 Å². The van der Waals surface area contributed by atoms with Crippen molar-refractivity contribution < 1.29 is 9.18 Å². The number of nitrogens with two attached hydrogens (primary N) is 1. The first-order valence-corrected chi connectivity index (χ1v) is 11.0. The summed E-state index contributed by atoms with van der Waals surface area (Å²) in [5, 5.41) is 0. The van der Waals surface area contributed by atoms with Crippen LogP contribution in [0.1, 0.15) is 43.5 Å². The zero-order valence-electron chi connectivity index (χ0n) is 18.8. The summed E-state index contributed by atoms with van der Waals surface area (Å²) in [6.45, 7) is 3.38. The number of hydrogen-bond donors (Lipinski definition) is 1. The van der Waals surface area contributed by atoms with Crippen LogP contribution in [0.5, 0.6) is 0 Å². The van der Waals surface area contributed by atoms with Gasteiger partial charge < -0.3 is 15.5 Å². The lowest BCUT2D eigenvalue weighted by atomic mass is 9.99. The van der Waals surface area contributed by atoms with Gasteiger partial charge in [-0.3, -0.25) is 4.79 Å². The van der Waals surface area contributed by atoms with E-state index in [1.165, 1.54) is 6.07 Å². The molecule has 0 aliphatic carbocycles. The first-order chi connectivity index (χ1) is 15.9. The van der Waals surface area contributed by atoms with Crippen molar-refractivity contribution in [1.82, 2.24) is 24.9 Å². The van der Waals surface area contributed by atoms with Gasteiger partial charge >= 0.3 is 0 Å². The van der Waals surface area contributed by atoms with E-state index in [-0.39, 0.29) is 11.9 Å². The minimum Gasteiger partial charge on any atom is -0.374 e. The molecule has 3 aromatic rings. The molecule has 0 saturated heterocycles. The van der Waals surface area contributed by atoms with E-state index in [1.807, 2.05) is 24.9 Å². The number of anilines is 2. The summed E-state index contributed by atoms with van der Waals surface area (Å²) in [4.78, 5) is 36.7. The predicted octanol–water partition coefficient (Wildman–Crippen LogP) is 2.68. The molecule has 1 aliphatic heterocycles. The van der Waals surface area contributed by atoms with Gasteiger partial charge in [-0.2, -0.15) is 4.39 Å². The Morgan fingerprint density at radius 2 is 1.97 bits per heavy atom. The molecule has 172 valence electrons. The van der Waals surface area contributed by atoms with Gasteiger partial charge in [0.25, 0.3) is 0 Å². The SMILES string of the molecule is CC1c2cnc(-c3ncccn3)nc2CCN1c1cc(N(C)CCCCC(N)=O)cc(F)n1. The Labute approximate surface area is 191 Å². The van der Waals surface area contributed by atoms with E-state index in [9.17, 15) is 9.18 Å². The Bertz CT molecular complexity index is 1130. The highest BCUT2D eigenvalue weighted by molar-refractivity contribution is 5.73. The highest BCUT2D eigenvalue weighted by Gasteiger charge is 2.28. The number of carbonyl (C=O) groups excluding carboxylic acids is 1. The molecule has 0 fully saturated rings. The van der Waals surface area contributed by atoms with Crippen molar-refractivity contribution in [1.29, 1.82) is 0 Å². The second-order valence-electron chi connectivity index (χ2n) is 8.14. The first kappa shape index (κ1) is 22.5. The summed E-state index contributed by atoms with van der Waals surface area (Å²) in [6.07, 6.45) is 7.66. The zero-order valence-corrected chi connectivity index (χ0v) is 18.8. The summed E-state index contributed by atoms with van der Waals surface area (Å²) in [7, 11) is 1.90. The fraction of sp³-hybridized carbons (Fsp3) is 0.391. The Balaban J connectivity index is 1.51. The van der Waals surface area contributed by atoms with E-state index in [1.54, 1.807) is 24.7 Å². The van der Waals surface area contributed by atoms with Crippen molar-refractivity contribution >= 4 is 17.4 Å². The summed E-state index contributed by atoms with van der Waals surface area (Å²) in [6, 6.07) is 5.00. The molecule has 1 amide bonds. The molecule has 0 spiro atoms. The van der Waals surface area contributed by atoms with Crippen LogP contribution in [0.25, 0.3) is 11.6 Å². The molecule has 33 heavy (non-hydrogen) atoms. The van der Waals surface area contributed by atoms with Crippen molar-refractivity contribution in [2.75, 3.05) is 29.9 Å². The van der Waals surface area contributed by atoms with E-state index < -0.39 is 5.95 Å². The number of rotatable bonds is 8. The van der Waals surface area contributed by atoms with E-state index >= 15 is 0 Å². The lowest BCUT2D eigenvalue weighted by Crippen LogP contribution is -2.35. The van der Waals surface area contributed by atoms with Crippen LogP contribution in [0.4, 0.5) is 15.9 Å². The molecule has 0 radical (unpaired) electrons. The Hall–Kier alpha value is -3.69. The van der Waals surface area contributed by atoms with Crippen molar-refractivity contribution in [2.24, 2.45) is 5.73 Å². The van der Waals surface area contributed by atoms with Gasteiger partial charge in [0.05, 0.1) is 11.7 Å². The fourth-order valence-electron chi connectivity index (χ4n) is 4.01. The zero-order chi connectivity index (χ0) is 23.4. The molecule has 0 bridgehead atoms. The van der Waals surface area contributed by atoms with E-state index in [0.717, 1.165) is 23.4 Å². The number of amides is 1. The van der Waals surface area contributed by atoms with Gasteiger partial charge in [0, 0.05) is 75.0 Å². The number of fused-ring (bicyclic) bond motifs is 1. The Morgan fingerprint density at radius 1 is 1.18 bits per heavy atom. The van der Waals surface area contributed by atoms with Crippen LogP contribution in [0.2, 0.25) is 0 Å². The first-order valence-electron chi connectivity index (χ1n) is 11.0. The second-order valence-corrected chi connectivity index (χ2v) is 8.14. The van der Waals surface area contributed by atoms with Crippen molar-refractivity contribution in [2.45, 2.75) is 38.6 Å². The van der Waals surface area contributed by atoms with Crippen molar-refractivity contribution in [3.05, 3.63) is 54.0 Å². The van der Waals surface area contributed by atoms with Crippen LogP contribution in [0, 0.1) is 5.95 Å².